The molecule has 0 bridgehead atoms. The largest absolute Gasteiger partial charge is 0.401 e. The van der Waals surface area contributed by atoms with Crippen molar-refractivity contribution in [2.75, 3.05) is 0 Å². The van der Waals surface area contributed by atoms with Crippen molar-refractivity contribution in [3.63, 3.8) is 0 Å². The summed E-state index contributed by atoms with van der Waals surface area (Å²) in [5.41, 5.74) is 5.77. The first kappa shape index (κ1) is 7.69. The SMILES string of the molecule is CC(=O)/C(Br)=C(/C)N. The zero-order chi connectivity index (χ0) is 6.73. The standard InChI is InChI=1S/C5H8BrNO/c1-3(7)5(6)4(2)8/h7H2,1-2H3/b5-3+. The topological polar surface area (TPSA) is 43.1 Å². The number of rotatable bonds is 1. The Hall–Kier alpha value is -0.310. The molecule has 0 rings (SSSR count). The van der Waals surface area contributed by atoms with Crippen LogP contribution in [0.3, 0.4) is 0 Å². The molecule has 0 fully saturated rings. The molecule has 0 spiro atoms. The molecule has 8 heavy (non-hydrogen) atoms. The fourth-order valence-electron chi connectivity index (χ4n) is 0.278. The van der Waals surface area contributed by atoms with Gasteiger partial charge in [-0.15, -0.1) is 0 Å². The summed E-state index contributed by atoms with van der Waals surface area (Å²) in [6.45, 7) is 3.13. The number of halogens is 1. The lowest BCUT2D eigenvalue weighted by molar-refractivity contribution is -0.112. The quantitative estimate of drug-likeness (QED) is 0.612. The van der Waals surface area contributed by atoms with Gasteiger partial charge in [0.1, 0.15) is 0 Å². The molecule has 3 heteroatoms. The molecular weight excluding hydrogens is 170 g/mol. The minimum Gasteiger partial charge on any atom is -0.401 e. The Kier molecular flexibility index (Phi) is 2.76. The fourth-order valence-corrected chi connectivity index (χ4v) is 0.278. The van der Waals surface area contributed by atoms with E-state index in [2.05, 4.69) is 15.9 Å². The van der Waals surface area contributed by atoms with Crippen molar-refractivity contribution in [2.45, 2.75) is 13.8 Å². The van der Waals surface area contributed by atoms with E-state index in [1.54, 1.807) is 6.92 Å². The molecule has 46 valence electrons. The van der Waals surface area contributed by atoms with Crippen LogP contribution in [-0.2, 0) is 4.79 Å². The molecule has 0 aromatic carbocycles. The Labute approximate surface area is 56.9 Å². The van der Waals surface area contributed by atoms with E-state index in [0.29, 0.717) is 10.2 Å². The highest BCUT2D eigenvalue weighted by atomic mass is 79.9. The third-order valence-corrected chi connectivity index (χ3v) is 1.84. The Bertz CT molecular complexity index is 135. The number of hydrogen-bond donors (Lipinski definition) is 1. The lowest BCUT2D eigenvalue weighted by Crippen LogP contribution is -1.99. The molecule has 0 aliphatic rings. The summed E-state index contributed by atoms with van der Waals surface area (Å²) >= 11 is 3.01. The third kappa shape index (κ3) is 2.12. The van der Waals surface area contributed by atoms with Gasteiger partial charge in [0.05, 0.1) is 4.48 Å². The summed E-state index contributed by atoms with van der Waals surface area (Å²) in [5.74, 6) is -0.0370. The molecule has 0 aromatic heterocycles. The van der Waals surface area contributed by atoms with E-state index >= 15 is 0 Å². The van der Waals surface area contributed by atoms with Crippen LogP contribution in [0.25, 0.3) is 0 Å². The van der Waals surface area contributed by atoms with E-state index in [4.69, 9.17) is 5.73 Å². The number of hydrogen-bond acceptors (Lipinski definition) is 2. The molecule has 0 saturated heterocycles. The van der Waals surface area contributed by atoms with Gasteiger partial charge in [-0.3, -0.25) is 4.79 Å². The summed E-state index contributed by atoms with van der Waals surface area (Å²) < 4.78 is 0.470. The Balaban J connectivity index is 4.23. The molecule has 0 atom stereocenters. The lowest BCUT2D eigenvalue weighted by Gasteiger charge is -1.92. The Morgan fingerprint density at radius 2 is 1.88 bits per heavy atom. The number of nitrogens with two attached hydrogens (primary N) is 1. The molecule has 0 aliphatic heterocycles. The predicted octanol–water partition coefficient (Wildman–Crippen LogP) is 1.16. The number of carbonyl (C=O) groups is 1. The molecule has 0 radical (unpaired) electrons. The van der Waals surface area contributed by atoms with Crippen LogP contribution in [0.5, 0.6) is 0 Å². The zero-order valence-corrected chi connectivity index (χ0v) is 6.45. The van der Waals surface area contributed by atoms with Gasteiger partial charge >= 0.3 is 0 Å². The van der Waals surface area contributed by atoms with Gasteiger partial charge < -0.3 is 5.73 Å². The van der Waals surface area contributed by atoms with Crippen molar-refractivity contribution in [1.29, 1.82) is 0 Å². The van der Waals surface area contributed by atoms with Crippen LogP contribution < -0.4 is 5.73 Å². The van der Waals surface area contributed by atoms with E-state index < -0.39 is 0 Å². The maximum atomic E-state index is 10.4. The average molecular weight is 178 g/mol. The fraction of sp³-hybridized carbons (Fsp3) is 0.400. The van der Waals surface area contributed by atoms with E-state index in [-0.39, 0.29) is 5.78 Å². The van der Waals surface area contributed by atoms with Crippen LogP contribution in [0, 0.1) is 0 Å². The van der Waals surface area contributed by atoms with Crippen LogP contribution in [-0.4, -0.2) is 5.78 Å². The van der Waals surface area contributed by atoms with Crippen molar-refractivity contribution >= 4 is 21.7 Å². The van der Waals surface area contributed by atoms with E-state index in [0.717, 1.165) is 0 Å². The summed E-state index contributed by atoms with van der Waals surface area (Å²) in [6.07, 6.45) is 0. The third-order valence-electron chi connectivity index (χ3n) is 0.655. The van der Waals surface area contributed by atoms with E-state index in [1.165, 1.54) is 6.92 Å². The first-order valence-electron chi connectivity index (χ1n) is 2.18. The highest BCUT2D eigenvalue weighted by Crippen LogP contribution is 2.07. The predicted molar refractivity (Wildman–Crippen MR) is 36.5 cm³/mol. The number of ketones is 1. The van der Waals surface area contributed by atoms with Crippen molar-refractivity contribution in [3.05, 3.63) is 10.2 Å². The molecule has 2 N–H and O–H groups in total. The van der Waals surface area contributed by atoms with Crippen molar-refractivity contribution in [1.82, 2.24) is 0 Å². The summed E-state index contributed by atoms with van der Waals surface area (Å²) in [4.78, 5) is 10.4. The maximum absolute atomic E-state index is 10.4. The molecule has 0 aliphatic carbocycles. The van der Waals surface area contributed by atoms with E-state index in [1.807, 2.05) is 0 Å². The molecule has 0 saturated carbocycles. The summed E-state index contributed by atoms with van der Waals surface area (Å²) in [6, 6.07) is 0. The molecule has 0 unspecified atom stereocenters. The minimum absolute atomic E-state index is 0.0370. The highest BCUT2D eigenvalue weighted by Gasteiger charge is 1.98. The second kappa shape index (κ2) is 2.87. The van der Waals surface area contributed by atoms with Gasteiger partial charge in [0.25, 0.3) is 0 Å². The van der Waals surface area contributed by atoms with Gasteiger partial charge in [-0.1, -0.05) is 0 Å². The van der Waals surface area contributed by atoms with Crippen LogP contribution in [0.1, 0.15) is 13.8 Å². The second-order valence-electron chi connectivity index (χ2n) is 1.55. The molecular formula is C5H8BrNO. The number of carbonyl (C=O) groups excluding carboxylic acids is 1. The first-order chi connectivity index (χ1) is 3.55. The highest BCUT2D eigenvalue weighted by molar-refractivity contribution is 9.12. The summed E-state index contributed by atoms with van der Waals surface area (Å²) in [5, 5.41) is 0. The molecule has 0 amide bonds. The Morgan fingerprint density at radius 3 is 1.88 bits per heavy atom. The van der Waals surface area contributed by atoms with Gasteiger partial charge in [0.15, 0.2) is 5.78 Å². The van der Waals surface area contributed by atoms with Gasteiger partial charge in [0.2, 0.25) is 0 Å². The lowest BCUT2D eigenvalue weighted by atomic mass is 10.3. The van der Waals surface area contributed by atoms with E-state index in [9.17, 15) is 4.79 Å². The molecule has 2 nitrogen and oxygen atoms in total. The maximum Gasteiger partial charge on any atom is 0.168 e. The Morgan fingerprint density at radius 1 is 1.50 bits per heavy atom. The van der Waals surface area contributed by atoms with Gasteiger partial charge in [-0.25, -0.2) is 0 Å². The van der Waals surface area contributed by atoms with Gasteiger partial charge in [-0.2, -0.15) is 0 Å². The summed E-state index contributed by atoms with van der Waals surface area (Å²) in [7, 11) is 0. The van der Waals surface area contributed by atoms with Gasteiger partial charge in [-0.05, 0) is 29.8 Å². The number of Topliss-reactive ketones (excluding diaryl/α,β-unsaturated/α-hetero) is 1. The molecule has 0 aromatic rings. The van der Waals surface area contributed by atoms with Crippen molar-refractivity contribution in [2.24, 2.45) is 5.73 Å². The second-order valence-corrected chi connectivity index (χ2v) is 2.35. The van der Waals surface area contributed by atoms with Crippen LogP contribution in [0.4, 0.5) is 0 Å². The monoisotopic (exact) mass is 177 g/mol. The first-order valence-corrected chi connectivity index (χ1v) is 2.97. The average Bonchev–Trinajstić information content (AvgIpc) is 1.64. The van der Waals surface area contributed by atoms with Crippen LogP contribution in [0.15, 0.2) is 10.2 Å². The van der Waals surface area contributed by atoms with Crippen molar-refractivity contribution < 1.29 is 4.79 Å². The van der Waals surface area contributed by atoms with Crippen LogP contribution in [0.2, 0.25) is 0 Å². The minimum atomic E-state index is -0.0370. The van der Waals surface area contributed by atoms with Crippen molar-refractivity contribution in [3.8, 4) is 0 Å². The zero-order valence-electron chi connectivity index (χ0n) is 4.86. The number of allylic oxidation sites excluding steroid dienone is 2. The van der Waals surface area contributed by atoms with Crippen LogP contribution >= 0.6 is 15.9 Å². The molecule has 0 heterocycles. The van der Waals surface area contributed by atoms with Gasteiger partial charge in [0, 0.05) is 5.70 Å². The smallest absolute Gasteiger partial charge is 0.168 e. The normalized spacial score (nSPS) is 12.9.